The molecule has 0 saturated carbocycles. The summed E-state index contributed by atoms with van der Waals surface area (Å²) in [5.41, 5.74) is 9.15. The molecule has 3 heteroatoms. The topological polar surface area (TPSA) is 0 Å². The van der Waals surface area contributed by atoms with Crippen LogP contribution in [0.4, 0.5) is 0 Å². The summed E-state index contributed by atoms with van der Waals surface area (Å²) in [6.07, 6.45) is 0. The first-order valence-electron chi connectivity index (χ1n) is 9.00. The minimum absolute atomic E-state index is 0. The van der Waals surface area contributed by atoms with Crippen molar-refractivity contribution in [1.82, 2.24) is 0 Å². The van der Waals surface area contributed by atoms with Crippen molar-refractivity contribution in [2.24, 2.45) is 13.1 Å². The molecule has 132 valence electrons. The van der Waals surface area contributed by atoms with E-state index in [9.17, 15) is 0 Å². The molecule has 0 aliphatic rings. The second kappa shape index (κ2) is 9.75. The average Bonchev–Trinajstić information content (AvgIpc) is 2.58. The molecule has 2 aromatic rings. The van der Waals surface area contributed by atoms with Crippen LogP contribution in [0.25, 0.3) is 0 Å². The first-order valence-corrected chi connectivity index (χ1v) is 13.0. The Morgan fingerprint density at radius 3 is 0.680 bits per heavy atom. The Morgan fingerprint density at radius 1 is 0.360 bits per heavy atom. The van der Waals surface area contributed by atoms with Gasteiger partial charge in [-0.3, -0.25) is 0 Å². The average molecular weight is 475 g/mol. The third kappa shape index (κ3) is 5.01. The molecular formula is C22H36Si2Sn+4. The largest absolute Gasteiger partial charge is 4.00 e. The monoisotopic (exact) mass is 476 g/mol. The maximum absolute atomic E-state index is 2.40. The molecule has 0 N–H and O–H groups in total. The van der Waals surface area contributed by atoms with Gasteiger partial charge in [-0.25, -0.2) is 0 Å². The van der Waals surface area contributed by atoms with Crippen molar-refractivity contribution in [3.05, 3.63) is 54.1 Å². The van der Waals surface area contributed by atoms with Gasteiger partial charge in [-0.05, 0) is 103 Å². The minimum Gasteiger partial charge on any atom is -0.0635 e. The van der Waals surface area contributed by atoms with Crippen molar-refractivity contribution in [3.63, 3.8) is 0 Å². The standard InChI is InChI=1S/2C11H18Si.Sn/c2*1-7-8(2)10(4)12(6)11(5)9(7)3;/h2*1-6H3;/q;;+4. The number of hydrogen-bond acceptors (Lipinski definition) is 0. The van der Waals surface area contributed by atoms with E-state index >= 15 is 0 Å². The van der Waals surface area contributed by atoms with Crippen LogP contribution in [0.5, 0.6) is 0 Å². The van der Waals surface area contributed by atoms with E-state index in [4.69, 9.17) is 0 Å². The summed E-state index contributed by atoms with van der Waals surface area (Å²) in [6.45, 7) is 27.5. The number of hydrogen-bond donors (Lipinski definition) is 0. The van der Waals surface area contributed by atoms with E-state index in [2.05, 4.69) is 82.3 Å². The second-order valence-corrected chi connectivity index (χ2v) is 13.0. The zero-order chi connectivity index (χ0) is 18.9. The fourth-order valence-corrected chi connectivity index (χ4v) is 7.50. The summed E-state index contributed by atoms with van der Waals surface area (Å²) < 4.78 is 0. The van der Waals surface area contributed by atoms with Crippen LogP contribution in [0, 0.1) is 69.2 Å². The first kappa shape index (κ1) is 24.9. The fraction of sp³-hybridized carbons (Fsp3) is 0.545. The first-order chi connectivity index (χ1) is 10.9. The van der Waals surface area contributed by atoms with Crippen molar-refractivity contribution < 1.29 is 0 Å². The zero-order valence-electron chi connectivity index (χ0n) is 18.5. The Morgan fingerprint density at radius 2 is 0.520 bits per heavy atom. The van der Waals surface area contributed by atoms with Crippen LogP contribution in [0.1, 0.15) is 54.1 Å². The molecule has 0 bridgehead atoms. The van der Waals surface area contributed by atoms with Crippen molar-refractivity contribution in [1.29, 1.82) is 0 Å². The summed E-state index contributed by atoms with van der Waals surface area (Å²) in [6, 6.07) is 0. The molecule has 2 aromatic heterocycles. The quantitative estimate of drug-likeness (QED) is 0.460. The van der Waals surface area contributed by atoms with Crippen LogP contribution >= 0.6 is 0 Å². The van der Waals surface area contributed by atoms with Crippen LogP contribution in [-0.2, 0) is 13.1 Å². The Kier molecular flexibility index (Phi) is 9.72. The van der Waals surface area contributed by atoms with E-state index in [1.54, 1.807) is 20.7 Å². The van der Waals surface area contributed by atoms with Gasteiger partial charge in [0.25, 0.3) is 0 Å². The van der Waals surface area contributed by atoms with Crippen molar-refractivity contribution in [2.75, 3.05) is 0 Å². The molecule has 0 saturated heterocycles. The van der Waals surface area contributed by atoms with Gasteiger partial charge in [0.2, 0.25) is 0 Å². The Balaban J connectivity index is 0.000000443. The SMILES string of the molecule is Cc1c(C)c(C)[si](C)c(C)c1C.Cc1c(C)c(C)[si](C)c(C)c1C.[Sn+4]. The minimum atomic E-state index is -0.340. The van der Waals surface area contributed by atoms with E-state index in [-0.39, 0.29) is 40.7 Å². The Hall–Kier alpha value is -0.0675. The molecule has 0 nitrogen and oxygen atoms in total. The molecule has 0 aromatic carbocycles. The van der Waals surface area contributed by atoms with Gasteiger partial charge in [0.15, 0.2) is 0 Å². The molecule has 0 spiro atoms. The summed E-state index contributed by atoms with van der Waals surface area (Å²) in [5.74, 6) is 0. The van der Waals surface area contributed by atoms with E-state index in [0.717, 1.165) is 0 Å². The molecule has 25 heavy (non-hydrogen) atoms. The Bertz CT molecular complexity index is 512. The van der Waals surface area contributed by atoms with Crippen molar-refractivity contribution in [2.45, 2.75) is 69.2 Å². The second-order valence-electron chi connectivity index (χ2n) is 7.50. The van der Waals surface area contributed by atoms with Crippen LogP contribution < -0.4 is 0 Å². The van der Waals surface area contributed by atoms with Crippen LogP contribution in [0.2, 0.25) is 0 Å². The molecule has 0 aliphatic carbocycles. The molecule has 0 radical (unpaired) electrons. The summed E-state index contributed by atoms with van der Waals surface area (Å²) in [5, 5.41) is 6.56. The molecular weight excluding hydrogens is 439 g/mol. The van der Waals surface area contributed by atoms with E-state index in [1.165, 1.54) is 33.4 Å². The van der Waals surface area contributed by atoms with Gasteiger partial charge in [-0.15, -0.1) is 0 Å². The molecule has 2 heterocycles. The normalized spacial score (nSPS) is 10.1. The summed E-state index contributed by atoms with van der Waals surface area (Å²) in [4.78, 5) is 0. The summed E-state index contributed by atoms with van der Waals surface area (Å²) >= 11 is 0. The molecule has 0 fully saturated rings. The van der Waals surface area contributed by atoms with E-state index in [1.807, 2.05) is 0 Å². The molecule has 0 atom stereocenters. The zero-order valence-corrected chi connectivity index (χ0v) is 23.4. The number of rotatable bonds is 0. The van der Waals surface area contributed by atoms with Gasteiger partial charge in [0.05, 0.1) is 0 Å². The van der Waals surface area contributed by atoms with Crippen LogP contribution in [-0.4, -0.2) is 40.7 Å². The fourth-order valence-electron chi connectivity index (χ4n) is 3.38. The van der Waals surface area contributed by atoms with Crippen molar-refractivity contribution >= 4 is 40.7 Å². The summed E-state index contributed by atoms with van der Waals surface area (Å²) in [7, 11) is -0.680. The van der Waals surface area contributed by atoms with Crippen LogP contribution in [0.15, 0.2) is 0 Å². The third-order valence-electron chi connectivity index (χ3n) is 6.75. The molecule has 0 unspecified atom stereocenters. The predicted molar refractivity (Wildman–Crippen MR) is 120 cm³/mol. The van der Waals surface area contributed by atoms with Gasteiger partial charge < -0.3 is 0 Å². The van der Waals surface area contributed by atoms with Gasteiger partial charge in [-0.1, -0.05) is 33.8 Å². The smallest absolute Gasteiger partial charge is 0.0635 e. The predicted octanol–water partition coefficient (Wildman–Crippen LogP) is 5.20. The molecule has 0 aliphatic heterocycles. The van der Waals surface area contributed by atoms with Gasteiger partial charge in [0.1, 0.15) is 0 Å². The molecule has 0 amide bonds. The maximum atomic E-state index is 2.40. The van der Waals surface area contributed by atoms with E-state index in [0.29, 0.717) is 0 Å². The van der Waals surface area contributed by atoms with Gasteiger partial charge in [0, 0.05) is 16.8 Å². The third-order valence-corrected chi connectivity index (χ3v) is 12.8. The molecule has 2 rings (SSSR count). The van der Waals surface area contributed by atoms with Crippen molar-refractivity contribution in [3.8, 4) is 0 Å². The maximum Gasteiger partial charge on any atom is 4.00 e. The van der Waals surface area contributed by atoms with Crippen LogP contribution in [0.3, 0.4) is 0 Å². The van der Waals surface area contributed by atoms with Gasteiger partial charge in [-0.2, -0.15) is 0 Å². The van der Waals surface area contributed by atoms with Gasteiger partial charge >= 0.3 is 23.9 Å². The Labute approximate surface area is 176 Å². The van der Waals surface area contributed by atoms with E-state index < -0.39 is 0 Å².